The summed E-state index contributed by atoms with van der Waals surface area (Å²) in [6.45, 7) is 4.91. The summed E-state index contributed by atoms with van der Waals surface area (Å²) in [6.07, 6.45) is 10.4. The maximum Gasteiger partial charge on any atom is 0.133 e. The van der Waals surface area contributed by atoms with E-state index in [-0.39, 0.29) is 0 Å². The Morgan fingerprint density at radius 1 is 1.06 bits per heavy atom. The van der Waals surface area contributed by atoms with Crippen molar-refractivity contribution >= 4 is 5.78 Å². The standard InChI is InChI=1S/C14H29NO/c1-3-4-5-6-7-8-9-10-14(16)11-13(2)12-15/h13H,3-12,15H2,1-2H3. The Morgan fingerprint density at radius 3 is 2.19 bits per heavy atom. The smallest absolute Gasteiger partial charge is 0.133 e. The molecule has 0 saturated heterocycles. The van der Waals surface area contributed by atoms with Crippen LogP contribution in [0.2, 0.25) is 0 Å². The predicted molar refractivity (Wildman–Crippen MR) is 70.5 cm³/mol. The first kappa shape index (κ1) is 15.6. The summed E-state index contributed by atoms with van der Waals surface area (Å²) >= 11 is 0. The molecule has 0 saturated carbocycles. The average Bonchev–Trinajstić information content (AvgIpc) is 2.27. The van der Waals surface area contributed by atoms with Crippen LogP contribution < -0.4 is 5.73 Å². The molecule has 0 bridgehead atoms. The lowest BCUT2D eigenvalue weighted by Crippen LogP contribution is -2.14. The van der Waals surface area contributed by atoms with Crippen molar-refractivity contribution in [3.63, 3.8) is 0 Å². The highest BCUT2D eigenvalue weighted by Gasteiger charge is 2.06. The van der Waals surface area contributed by atoms with Gasteiger partial charge in [0.25, 0.3) is 0 Å². The van der Waals surface area contributed by atoms with Crippen LogP contribution in [0.3, 0.4) is 0 Å². The Labute approximate surface area is 101 Å². The number of carbonyl (C=O) groups is 1. The van der Waals surface area contributed by atoms with Gasteiger partial charge in [-0.15, -0.1) is 0 Å². The Kier molecular flexibility index (Phi) is 10.9. The van der Waals surface area contributed by atoms with Crippen molar-refractivity contribution in [2.45, 2.75) is 71.6 Å². The number of unbranched alkanes of at least 4 members (excludes halogenated alkanes) is 6. The molecule has 16 heavy (non-hydrogen) atoms. The molecule has 1 atom stereocenters. The van der Waals surface area contributed by atoms with E-state index in [2.05, 4.69) is 6.92 Å². The zero-order chi connectivity index (χ0) is 12.2. The van der Waals surface area contributed by atoms with Crippen molar-refractivity contribution in [3.8, 4) is 0 Å². The maximum absolute atomic E-state index is 11.5. The van der Waals surface area contributed by atoms with E-state index in [4.69, 9.17) is 5.73 Å². The fourth-order valence-corrected chi connectivity index (χ4v) is 1.85. The van der Waals surface area contributed by atoms with Crippen LogP contribution in [0.1, 0.15) is 71.6 Å². The fourth-order valence-electron chi connectivity index (χ4n) is 1.85. The van der Waals surface area contributed by atoms with Crippen LogP contribution >= 0.6 is 0 Å². The van der Waals surface area contributed by atoms with Gasteiger partial charge in [0.05, 0.1) is 0 Å². The molecule has 0 rings (SSSR count). The number of nitrogens with two attached hydrogens (primary N) is 1. The summed E-state index contributed by atoms with van der Waals surface area (Å²) < 4.78 is 0. The molecule has 0 spiro atoms. The number of carbonyl (C=O) groups excluding carboxylic acids is 1. The quantitative estimate of drug-likeness (QED) is 0.547. The third-order valence-corrected chi connectivity index (χ3v) is 3.04. The van der Waals surface area contributed by atoms with Gasteiger partial charge in [0, 0.05) is 12.8 Å². The van der Waals surface area contributed by atoms with Gasteiger partial charge in [-0.2, -0.15) is 0 Å². The van der Waals surface area contributed by atoms with E-state index in [1.807, 2.05) is 6.92 Å². The van der Waals surface area contributed by atoms with Crippen molar-refractivity contribution in [2.24, 2.45) is 11.7 Å². The highest BCUT2D eigenvalue weighted by atomic mass is 16.1. The maximum atomic E-state index is 11.5. The van der Waals surface area contributed by atoms with Crippen LogP contribution in [0.25, 0.3) is 0 Å². The summed E-state index contributed by atoms with van der Waals surface area (Å²) in [5, 5.41) is 0. The molecular formula is C14H29NO. The molecule has 0 aliphatic rings. The van der Waals surface area contributed by atoms with Crippen LogP contribution in [-0.4, -0.2) is 12.3 Å². The van der Waals surface area contributed by atoms with Crippen molar-refractivity contribution in [2.75, 3.05) is 6.54 Å². The molecule has 0 fully saturated rings. The molecule has 2 N–H and O–H groups in total. The molecule has 0 aromatic heterocycles. The van der Waals surface area contributed by atoms with Gasteiger partial charge in [-0.05, 0) is 18.9 Å². The summed E-state index contributed by atoms with van der Waals surface area (Å²) in [4.78, 5) is 11.5. The van der Waals surface area contributed by atoms with Gasteiger partial charge >= 0.3 is 0 Å². The van der Waals surface area contributed by atoms with Gasteiger partial charge in [0.1, 0.15) is 5.78 Å². The Bertz CT molecular complexity index is 168. The van der Waals surface area contributed by atoms with E-state index in [0.717, 1.165) is 12.8 Å². The SMILES string of the molecule is CCCCCCCCCC(=O)CC(C)CN. The van der Waals surface area contributed by atoms with Crippen molar-refractivity contribution in [1.82, 2.24) is 0 Å². The number of hydrogen-bond acceptors (Lipinski definition) is 2. The highest BCUT2D eigenvalue weighted by Crippen LogP contribution is 2.10. The second kappa shape index (κ2) is 11.1. The molecule has 0 aromatic carbocycles. The van der Waals surface area contributed by atoms with E-state index in [1.54, 1.807) is 0 Å². The minimum Gasteiger partial charge on any atom is -0.330 e. The van der Waals surface area contributed by atoms with E-state index >= 15 is 0 Å². The lowest BCUT2D eigenvalue weighted by molar-refractivity contribution is -0.119. The average molecular weight is 227 g/mol. The summed E-state index contributed by atoms with van der Waals surface area (Å²) in [6, 6.07) is 0. The van der Waals surface area contributed by atoms with Crippen LogP contribution in [0.5, 0.6) is 0 Å². The molecule has 0 radical (unpaired) electrons. The Morgan fingerprint density at radius 2 is 1.62 bits per heavy atom. The number of ketones is 1. The normalized spacial score (nSPS) is 12.7. The van der Waals surface area contributed by atoms with Gasteiger partial charge in [0.15, 0.2) is 0 Å². The molecule has 0 heterocycles. The van der Waals surface area contributed by atoms with E-state index < -0.39 is 0 Å². The zero-order valence-electron chi connectivity index (χ0n) is 11.1. The lowest BCUT2D eigenvalue weighted by atomic mass is 10.0. The topological polar surface area (TPSA) is 43.1 Å². The first-order valence-electron chi connectivity index (χ1n) is 6.92. The minimum absolute atomic E-state index is 0.358. The number of Topliss-reactive ketones (excluding diaryl/α,β-unsaturated/α-hetero) is 1. The molecule has 1 unspecified atom stereocenters. The highest BCUT2D eigenvalue weighted by molar-refractivity contribution is 5.78. The number of rotatable bonds is 11. The van der Waals surface area contributed by atoms with Gasteiger partial charge in [-0.3, -0.25) is 4.79 Å². The zero-order valence-corrected chi connectivity index (χ0v) is 11.1. The molecule has 0 aliphatic carbocycles. The molecule has 0 aromatic rings. The second-order valence-corrected chi connectivity index (χ2v) is 4.95. The van der Waals surface area contributed by atoms with E-state index in [9.17, 15) is 4.79 Å². The first-order chi connectivity index (χ1) is 7.70. The second-order valence-electron chi connectivity index (χ2n) is 4.95. The molecular weight excluding hydrogens is 198 g/mol. The molecule has 0 aliphatic heterocycles. The first-order valence-corrected chi connectivity index (χ1v) is 6.92. The van der Waals surface area contributed by atoms with Gasteiger partial charge in [0.2, 0.25) is 0 Å². The van der Waals surface area contributed by atoms with Crippen LogP contribution in [-0.2, 0) is 4.79 Å². The Balaban J connectivity index is 3.21. The number of hydrogen-bond donors (Lipinski definition) is 1. The monoisotopic (exact) mass is 227 g/mol. The summed E-state index contributed by atoms with van der Waals surface area (Å²) in [7, 11) is 0. The molecule has 2 heteroatoms. The van der Waals surface area contributed by atoms with Gasteiger partial charge < -0.3 is 5.73 Å². The predicted octanol–water partition coefficient (Wildman–Crippen LogP) is 3.68. The van der Waals surface area contributed by atoms with Crippen molar-refractivity contribution < 1.29 is 4.79 Å². The van der Waals surface area contributed by atoms with E-state index in [1.165, 1.54) is 38.5 Å². The summed E-state index contributed by atoms with van der Waals surface area (Å²) in [5.74, 6) is 0.753. The van der Waals surface area contributed by atoms with Crippen molar-refractivity contribution in [3.05, 3.63) is 0 Å². The van der Waals surface area contributed by atoms with Crippen LogP contribution in [0.15, 0.2) is 0 Å². The molecule has 0 amide bonds. The third kappa shape index (κ3) is 10.2. The van der Waals surface area contributed by atoms with E-state index in [0.29, 0.717) is 24.7 Å². The minimum atomic E-state index is 0.358. The van der Waals surface area contributed by atoms with Crippen LogP contribution in [0.4, 0.5) is 0 Å². The lowest BCUT2D eigenvalue weighted by Gasteiger charge is -2.06. The van der Waals surface area contributed by atoms with Gasteiger partial charge in [-0.25, -0.2) is 0 Å². The van der Waals surface area contributed by atoms with Gasteiger partial charge in [-0.1, -0.05) is 52.4 Å². The molecule has 2 nitrogen and oxygen atoms in total. The van der Waals surface area contributed by atoms with Crippen LogP contribution in [0, 0.1) is 5.92 Å². The summed E-state index contributed by atoms with van der Waals surface area (Å²) in [5.41, 5.74) is 5.49. The largest absolute Gasteiger partial charge is 0.330 e. The molecule has 96 valence electrons. The fraction of sp³-hybridized carbons (Fsp3) is 0.929. The Hall–Kier alpha value is -0.370. The van der Waals surface area contributed by atoms with Crippen molar-refractivity contribution in [1.29, 1.82) is 0 Å². The third-order valence-electron chi connectivity index (χ3n) is 3.04.